The summed E-state index contributed by atoms with van der Waals surface area (Å²) in [5, 5.41) is 0. The number of pyridine rings is 2. The number of carbonyl (C=O) groups excluding carboxylic acids is 2. The fraction of sp³-hybridized carbons (Fsp3) is 0.370. The van der Waals surface area contributed by atoms with Crippen LogP contribution in [0.2, 0.25) is 0 Å². The van der Waals surface area contributed by atoms with Crippen LogP contribution in [0.15, 0.2) is 58.5 Å². The number of fused-ring (bicyclic) bond motifs is 2. The van der Waals surface area contributed by atoms with Crippen molar-refractivity contribution in [3.05, 3.63) is 69.8 Å². The number of piperidine rings is 1. The Morgan fingerprint density at radius 3 is 2.49 bits per heavy atom. The quantitative estimate of drug-likeness (QED) is 0.354. The van der Waals surface area contributed by atoms with Crippen LogP contribution in [-0.4, -0.2) is 53.4 Å². The molecule has 4 aromatic rings. The van der Waals surface area contributed by atoms with Crippen molar-refractivity contribution in [3.63, 3.8) is 0 Å². The van der Waals surface area contributed by atoms with Crippen LogP contribution >= 0.6 is 0 Å². The van der Waals surface area contributed by atoms with Gasteiger partial charge in [-0.15, -0.1) is 0 Å². The monoisotopic (exact) mass is 528 g/mol. The van der Waals surface area contributed by atoms with E-state index >= 15 is 0 Å². The Bertz CT molecular complexity index is 1710. The van der Waals surface area contributed by atoms with Gasteiger partial charge in [0, 0.05) is 26.3 Å². The molecule has 1 saturated carbocycles. The van der Waals surface area contributed by atoms with Crippen molar-refractivity contribution in [1.29, 1.82) is 0 Å². The molecule has 4 aromatic heterocycles. The SMILES string of the molecule is CC(=O)Cn1c(=O)c2c(ncn2[C@@H](C)C(=O)N(c2ccccn2)c2cccc(N3C[C@H]4C[C@@H]4C3)n2)n(C)c1=O. The fourth-order valence-corrected chi connectivity index (χ4v) is 5.38. The molecule has 0 spiro atoms. The van der Waals surface area contributed by atoms with E-state index in [1.54, 1.807) is 37.4 Å². The van der Waals surface area contributed by atoms with Crippen LogP contribution in [0.3, 0.4) is 0 Å². The van der Waals surface area contributed by atoms with E-state index < -0.39 is 23.2 Å². The van der Waals surface area contributed by atoms with Crippen molar-refractivity contribution in [2.75, 3.05) is 22.9 Å². The van der Waals surface area contributed by atoms with Gasteiger partial charge in [-0.3, -0.25) is 23.5 Å². The Kier molecular flexibility index (Phi) is 5.89. The minimum atomic E-state index is -0.919. The molecule has 12 nitrogen and oxygen atoms in total. The number of aryl methyl sites for hydroxylation is 1. The highest BCUT2D eigenvalue weighted by Crippen LogP contribution is 2.46. The van der Waals surface area contributed by atoms with Crippen molar-refractivity contribution < 1.29 is 9.59 Å². The Morgan fingerprint density at radius 1 is 1.05 bits per heavy atom. The second-order valence-corrected chi connectivity index (χ2v) is 10.3. The normalized spacial score (nSPS) is 18.7. The van der Waals surface area contributed by atoms with Gasteiger partial charge in [-0.25, -0.2) is 24.6 Å². The molecular weight excluding hydrogens is 500 g/mol. The number of Topliss-reactive ketones (excluding diaryl/α,β-unsaturated/α-hetero) is 1. The molecule has 12 heteroatoms. The van der Waals surface area contributed by atoms with Crippen molar-refractivity contribution in [2.45, 2.75) is 32.9 Å². The van der Waals surface area contributed by atoms with Crippen LogP contribution in [0.5, 0.6) is 0 Å². The predicted molar refractivity (Wildman–Crippen MR) is 144 cm³/mol. The van der Waals surface area contributed by atoms with E-state index in [0.29, 0.717) is 11.6 Å². The van der Waals surface area contributed by atoms with Gasteiger partial charge in [-0.2, -0.15) is 0 Å². The zero-order valence-corrected chi connectivity index (χ0v) is 21.9. The van der Waals surface area contributed by atoms with Crippen LogP contribution in [0.25, 0.3) is 11.2 Å². The Hall–Kier alpha value is -4.61. The van der Waals surface area contributed by atoms with E-state index in [4.69, 9.17) is 4.98 Å². The molecule has 1 aliphatic heterocycles. The van der Waals surface area contributed by atoms with Crippen LogP contribution in [0.4, 0.5) is 17.5 Å². The maximum atomic E-state index is 14.2. The number of hydrogen-bond acceptors (Lipinski definition) is 8. The molecule has 1 saturated heterocycles. The largest absolute Gasteiger partial charge is 0.356 e. The molecule has 0 aromatic carbocycles. The number of carbonyl (C=O) groups is 2. The van der Waals surface area contributed by atoms with Gasteiger partial charge < -0.3 is 9.47 Å². The highest BCUT2D eigenvalue weighted by atomic mass is 16.2. The first-order valence-corrected chi connectivity index (χ1v) is 12.9. The highest BCUT2D eigenvalue weighted by Gasteiger charge is 2.45. The van der Waals surface area contributed by atoms with Crippen molar-refractivity contribution in [2.24, 2.45) is 18.9 Å². The number of imidazole rings is 1. The van der Waals surface area contributed by atoms with Gasteiger partial charge in [0.15, 0.2) is 11.2 Å². The number of aromatic nitrogens is 6. The highest BCUT2D eigenvalue weighted by molar-refractivity contribution is 6.01. The van der Waals surface area contributed by atoms with Crippen molar-refractivity contribution in [1.82, 2.24) is 28.7 Å². The molecule has 3 atom stereocenters. The second kappa shape index (κ2) is 9.29. The third-order valence-electron chi connectivity index (χ3n) is 7.56. The molecule has 1 aliphatic carbocycles. The number of anilines is 3. The second-order valence-electron chi connectivity index (χ2n) is 10.3. The first kappa shape index (κ1) is 24.7. The van der Waals surface area contributed by atoms with E-state index in [1.165, 1.54) is 40.8 Å². The summed E-state index contributed by atoms with van der Waals surface area (Å²) in [7, 11) is 1.47. The predicted octanol–water partition coefficient (Wildman–Crippen LogP) is 1.66. The van der Waals surface area contributed by atoms with Crippen LogP contribution in [0, 0.1) is 11.8 Å². The van der Waals surface area contributed by atoms with Gasteiger partial charge >= 0.3 is 5.69 Å². The summed E-state index contributed by atoms with van der Waals surface area (Å²) in [4.78, 5) is 69.2. The third-order valence-corrected chi connectivity index (χ3v) is 7.56. The van der Waals surface area contributed by atoms with E-state index in [2.05, 4.69) is 14.9 Å². The van der Waals surface area contributed by atoms with E-state index in [0.717, 1.165) is 35.3 Å². The maximum absolute atomic E-state index is 14.2. The molecule has 39 heavy (non-hydrogen) atoms. The first-order valence-electron chi connectivity index (χ1n) is 12.9. The molecule has 1 amide bonds. The average molecular weight is 529 g/mol. The van der Waals surface area contributed by atoms with E-state index in [-0.39, 0.29) is 23.5 Å². The molecule has 5 heterocycles. The molecule has 2 fully saturated rings. The Morgan fingerprint density at radius 2 is 1.79 bits per heavy atom. The topological polar surface area (TPSA) is 128 Å². The summed E-state index contributed by atoms with van der Waals surface area (Å²) in [6.45, 7) is 4.50. The molecular formula is C27H28N8O4. The molecule has 2 aliphatic rings. The smallest absolute Gasteiger partial charge is 0.332 e. The Labute approximate surface area is 223 Å². The van der Waals surface area contributed by atoms with E-state index in [9.17, 15) is 19.2 Å². The number of nitrogens with zero attached hydrogens (tertiary/aromatic N) is 8. The fourth-order valence-electron chi connectivity index (χ4n) is 5.38. The number of ketones is 1. The summed E-state index contributed by atoms with van der Waals surface area (Å²) in [6.07, 6.45) is 4.23. The number of amides is 1. The lowest BCUT2D eigenvalue weighted by molar-refractivity contribution is -0.120. The van der Waals surface area contributed by atoms with Gasteiger partial charge in [-0.1, -0.05) is 12.1 Å². The minimum Gasteiger partial charge on any atom is -0.356 e. The average Bonchev–Trinajstić information content (AvgIpc) is 3.32. The summed E-state index contributed by atoms with van der Waals surface area (Å²) >= 11 is 0. The van der Waals surface area contributed by atoms with Crippen molar-refractivity contribution in [3.8, 4) is 0 Å². The lowest BCUT2D eigenvalue weighted by Crippen LogP contribution is -2.41. The van der Waals surface area contributed by atoms with Gasteiger partial charge in [0.1, 0.15) is 29.3 Å². The van der Waals surface area contributed by atoms with Crippen molar-refractivity contribution >= 4 is 40.3 Å². The third kappa shape index (κ3) is 4.21. The molecule has 6 rings (SSSR count). The lowest BCUT2D eigenvalue weighted by Gasteiger charge is -2.26. The molecule has 0 unspecified atom stereocenters. The zero-order valence-electron chi connectivity index (χ0n) is 21.9. The summed E-state index contributed by atoms with van der Waals surface area (Å²) in [5.41, 5.74) is -1.15. The molecule has 0 bridgehead atoms. The molecule has 200 valence electrons. The minimum absolute atomic E-state index is 0.0539. The van der Waals surface area contributed by atoms with Gasteiger partial charge in [0.2, 0.25) is 0 Å². The Balaban J connectivity index is 1.43. The summed E-state index contributed by atoms with van der Waals surface area (Å²) in [5.74, 6) is 2.31. The molecule has 0 radical (unpaired) electrons. The number of hydrogen-bond donors (Lipinski definition) is 0. The van der Waals surface area contributed by atoms with E-state index in [1.807, 2.05) is 12.1 Å². The first-order chi connectivity index (χ1) is 18.7. The maximum Gasteiger partial charge on any atom is 0.332 e. The van der Waals surface area contributed by atoms with Gasteiger partial charge in [0.05, 0.1) is 12.9 Å². The summed E-state index contributed by atoms with van der Waals surface area (Å²) in [6, 6.07) is 9.93. The lowest BCUT2D eigenvalue weighted by atomic mass is 10.2. The number of rotatable bonds is 7. The standard InChI is InChI=1S/C27H28N8O4/c1-16(36)12-33-26(38)23-24(31(3)27(33)39)29-15-34(23)17(2)25(37)35(20-7-4-5-10-28-20)22-9-6-8-21(30-22)32-13-18-11-19(18)14-32/h4-10,15,17-19H,11-14H2,1-3H3/t17-,18+,19+/m0/s1. The molecule has 0 N–H and O–H groups in total. The van der Waals surface area contributed by atoms with Gasteiger partial charge in [0.25, 0.3) is 11.5 Å². The van der Waals surface area contributed by atoms with Crippen LogP contribution < -0.4 is 21.0 Å². The summed E-state index contributed by atoms with van der Waals surface area (Å²) < 4.78 is 3.50. The van der Waals surface area contributed by atoms with Crippen LogP contribution in [0.1, 0.15) is 26.3 Å². The van der Waals surface area contributed by atoms with Gasteiger partial charge in [-0.05, 0) is 56.4 Å². The zero-order chi connectivity index (χ0) is 27.4. The van der Waals surface area contributed by atoms with Crippen LogP contribution in [-0.2, 0) is 23.2 Å².